The number of rotatable bonds is 3. The molecule has 0 saturated heterocycles. The topological polar surface area (TPSA) is 26.3 Å². The average Bonchev–Trinajstić information content (AvgIpc) is 2.26. The van der Waals surface area contributed by atoms with E-state index in [1.54, 1.807) is 0 Å². The summed E-state index contributed by atoms with van der Waals surface area (Å²) in [6.45, 7) is 0.207. The molecule has 2 rings (SSSR count). The fourth-order valence-electron chi connectivity index (χ4n) is 2.04. The van der Waals surface area contributed by atoms with E-state index in [4.69, 9.17) is 4.74 Å². The molecule has 1 atom stereocenters. The zero-order valence-electron chi connectivity index (χ0n) is 8.11. The maximum atomic E-state index is 10.2. The summed E-state index contributed by atoms with van der Waals surface area (Å²) < 4.78 is 5.49. The Balaban J connectivity index is 2.17. The van der Waals surface area contributed by atoms with Gasteiger partial charge < -0.3 is 9.53 Å². The SMILES string of the molecule is O=CCOC1CCCc2ccccc21. The molecule has 74 valence electrons. The molecule has 1 aromatic carbocycles. The van der Waals surface area contributed by atoms with Gasteiger partial charge in [-0.15, -0.1) is 0 Å². The van der Waals surface area contributed by atoms with Gasteiger partial charge in [0.1, 0.15) is 12.9 Å². The van der Waals surface area contributed by atoms with E-state index >= 15 is 0 Å². The summed E-state index contributed by atoms with van der Waals surface area (Å²) in [5.41, 5.74) is 2.63. The summed E-state index contributed by atoms with van der Waals surface area (Å²) in [4.78, 5) is 10.2. The Labute approximate surface area is 83.9 Å². The lowest BCUT2D eigenvalue weighted by atomic mass is 9.89. The number of carbonyl (C=O) groups is 1. The van der Waals surface area contributed by atoms with Crippen LogP contribution in [0.3, 0.4) is 0 Å². The zero-order valence-corrected chi connectivity index (χ0v) is 8.11. The lowest BCUT2D eigenvalue weighted by Crippen LogP contribution is -2.13. The maximum Gasteiger partial charge on any atom is 0.145 e. The van der Waals surface area contributed by atoms with Crippen LogP contribution >= 0.6 is 0 Å². The molecule has 1 aliphatic rings. The lowest BCUT2D eigenvalue weighted by Gasteiger charge is -2.24. The Morgan fingerprint density at radius 1 is 1.43 bits per heavy atom. The largest absolute Gasteiger partial charge is 0.366 e. The predicted octanol–water partition coefficient (Wildman–Crippen LogP) is 2.28. The minimum atomic E-state index is 0.130. The van der Waals surface area contributed by atoms with Crippen molar-refractivity contribution in [3.8, 4) is 0 Å². The van der Waals surface area contributed by atoms with Gasteiger partial charge in [-0.25, -0.2) is 0 Å². The Kier molecular flexibility index (Phi) is 2.94. The van der Waals surface area contributed by atoms with E-state index in [0.717, 1.165) is 25.5 Å². The standard InChI is InChI=1S/C12H14O2/c13-8-9-14-12-7-3-5-10-4-1-2-6-11(10)12/h1-2,4,6,8,12H,3,5,7,9H2. The average molecular weight is 190 g/mol. The van der Waals surface area contributed by atoms with Crippen molar-refractivity contribution in [2.45, 2.75) is 25.4 Å². The summed E-state index contributed by atoms with van der Waals surface area (Å²) >= 11 is 0. The highest BCUT2D eigenvalue weighted by Crippen LogP contribution is 2.31. The molecule has 0 N–H and O–H groups in total. The van der Waals surface area contributed by atoms with Gasteiger partial charge in [-0.3, -0.25) is 0 Å². The summed E-state index contributed by atoms with van der Waals surface area (Å²) in [6, 6.07) is 8.33. The zero-order chi connectivity index (χ0) is 9.80. The second-order valence-corrected chi connectivity index (χ2v) is 3.58. The number of benzene rings is 1. The monoisotopic (exact) mass is 190 g/mol. The van der Waals surface area contributed by atoms with Crippen molar-refractivity contribution in [3.63, 3.8) is 0 Å². The lowest BCUT2D eigenvalue weighted by molar-refractivity contribution is -0.114. The molecule has 1 aliphatic carbocycles. The predicted molar refractivity (Wildman–Crippen MR) is 54.1 cm³/mol. The van der Waals surface area contributed by atoms with Crippen LogP contribution in [-0.2, 0) is 16.0 Å². The van der Waals surface area contributed by atoms with Crippen molar-refractivity contribution >= 4 is 6.29 Å². The van der Waals surface area contributed by atoms with Crippen LogP contribution in [0.5, 0.6) is 0 Å². The Bertz CT molecular complexity index is 320. The Morgan fingerprint density at radius 2 is 2.29 bits per heavy atom. The smallest absolute Gasteiger partial charge is 0.145 e. The van der Waals surface area contributed by atoms with Gasteiger partial charge >= 0.3 is 0 Å². The second kappa shape index (κ2) is 4.38. The van der Waals surface area contributed by atoms with Crippen LogP contribution in [0.15, 0.2) is 24.3 Å². The third-order valence-electron chi connectivity index (χ3n) is 2.68. The van der Waals surface area contributed by atoms with E-state index in [2.05, 4.69) is 18.2 Å². The molecule has 0 radical (unpaired) electrons. The van der Waals surface area contributed by atoms with Gasteiger partial charge in [0.15, 0.2) is 0 Å². The molecule has 0 fully saturated rings. The van der Waals surface area contributed by atoms with E-state index in [1.165, 1.54) is 11.1 Å². The molecular weight excluding hydrogens is 176 g/mol. The van der Waals surface area contributed by atoms with Gasteiger partial charge in [0, 0.05) is 0 Å². The molecule has 0 heterocycles. The summed E-state index contributed by atoms with van der Waals surface area (Å²) in [5, 5.41) is 0. The molecule has 0 saturated carbocycles. The number of fused-ring (bicyclic) bond motifs is 1. The van der Waals surface area contributed by atoms with Gasteiger partial charge in [-0.2, -0.15) is 0 Å². The van der Waals surface area contributed by atoms with Gasteiger partial charge in [0.2, 0.25) is 0 Å². The van der Waals surface area contributed by atoms with Gasteiger partial charge in [0.25, 0.3) is 0 Å². The first kappa shape index (κ1) is 9.41. The number of hydrogen-bond acceptors (Lipinski definition) is 2. The fourth-order valence-corrected chi connectivity index (χ4v) is 2.04. The van der Waals surface area contributed by atoms with E-state index in [9.17, 15) is 4.79 Å². The number of carbonyl (C=O) groups excluding carboxylic acids is 1. The molecule has 1 aromatic rings. The Hall–Kier alpha value is -1.15. The molecule has 14 heavy (non-hydrogen) atoms. The third kappa shape index (κ3) is 1.85. The summed E-state index contributed by atoms with van der Waals surface area (Å²) in [7, 11) is 0. The highest BCUT2D eigenvalue weighted by atomic mass is 16.5. The van der Waals surface area contributed by atoms with Crippen LogP contribution in [-0.4, -0.2) is 12.9 Å². The highest BCUT2D eigenvalue weighted by Gasteiger charge is 2.19. The van der Waals surface area contributed by atoms with E-state index in [-0.39, 0.29) is 12.7 Å². The minimum Gasteiger partial charge on any atom is -0.366 e. The van der Waals surface area contributed by atoms with Crippen molar-refractivity contribution in [3.05, 3.63) is 35.4 Å². The van der Waals surface area contributed by atoms with Crippen molar-refractivity contribution in [2.75, 3.05) is 6.61 Å². The quantitative estimate of drug-likeness (QED) is 0.683. The molecular formula is C12H14O2. The van der Waals surface area contributed by atoms with Crippen molar-refractivity contribution in [1.82, 2.24) is 0 Å². The van der Waals surface area contributed by atoms with Gasteiger partial charge in [-0.05, 0) is 30.4 Å². The number of ether oxygens (including phenoxy) is 1. The molecule has 0 aromatic heterocycles. The molecule has 0 spiro atoms. The summed E-state index contributed by atoms with van der Waals surface area (Å²) in [6.07, 6.45) is 4.27. The third-order valence-corrected chi connectivity index (χ3v) is 2.68. The van der Waals surface area contributed by atoms with Crippen LogP contribution in [0, 0.1) is 0 Å². The number of aryl methyl sites for hydroxylation is 1. The number of hydrogen-bond donors (Lipinski definition) is 0. The Morgan fingerprint density at radius 3 is 3.14 bits per heavy atom. The van der Waals surface area contributed by atoms with Crippen LogP contribution < -0.4 is 0 Å². The number of aldehydes is 1. The summed E-state index contributed by atoms with van der Waals surface area (Å²) in [5.74, 6) is 0. The fraction of sp³-hybridized carbons (Fsp3) is 0.417. The van der Waals surface area contributed by atoms with Gasteiger partial charge in [0.05, 0.1) is 6.10 Å². The molecule has 0 amide bonds. The highest BCUT2D eigenvalue weighted by molar-refractivity contribution is 5.50. The first-order chi connectivity index (χ1) is 6.92. The first-order valence-electron chi connectivity index (χ1n) is 5.05. The van der Waals surface area contributed by atoms with Crippen LogP contribution in [0.4, 0.5) is 0 Å². The molecule has 0 bridgehead atoms. The van der Waals surface area contributed by atoms with E-state index in [1.807, 2.05) is 6.07 Å². The second-order valence-electron chi connectivity index (χ2n) is 3.58. The van der Waals surface area contributed by atoms with E-state index < -0.39 is 0 Å². The van der Waals surface area contributed by atoms with Crippen molar-refractivity contribution in [1.29, 1.82) is 0 Å². The molecule has 2 nitrogen and oxygen atoms in total. The van der Waals surface area contributed by atoms with Crippen molar-refractivity contribution in [2.24, 2.45) is 0 Å². The first-order valence-corrected chi connectivity index (χ1v) is 5.05. The minimum absolute atomic E-state index is 0.130. The molecule has 1 unspecified atom stereocenters. The molecule has 0 aliphatic heterocycles. The normalized spacial score (nSPS) is 20.1. The van der Waals surface area contributed by atoms with Crippen LogP contribution in [0.2, 0.25) is 0 Å². The maximum absolute atomic E-state index is 10.2. The van der Waals surface area contributed by atoms with Gasteiger partial charge in [-0.1, -0.05) is 24.3 Å². The van der Waals surface area contributed by atoms with Crippen LogP contribution in [0.25, 0.3) is 0 Å². The van der Waals surface area contributed by atoms with Crippen molar-refractivity contribution < 1.29 is 9.53 Å². The molecule has 2 heteroatoms. The van der Waals surface area contributed by atoms with E-state index in [0.29, 0.717) is 0 Å². The van der Waals surface area contributed by atoms with Crippen LogP contribution in [0.1, 0.15) is 30.1 Å².